The summed E-state index contributed by atoms with van der Waals surface area (Å²) in [4.78, 5) is 14.7. The highest BCUT2D eigenvalue weighted by atomic mass is 35.5. The van der Waals surface area contributed by atoms with Crippen LogP contribution in [0.2, 0.25) is 5.02 Å². The molecule has 1 aliphatic rings. The summed E-state index contributed by atoms with van der Waals surface area (Å²) in [6.45, 7) is 0.640. The summed E-state index contributed by atoms with van der Waals surface area (Å²) in [5, 5.41) is 4.76. The van der Waals surface area contributed by atoms with Crippen LogP contribution in [0, 0.1) is 5.82 Å². The van der Waals surface area contributed by atoms with Gasteiger partial charge in [0.2, 0.25) is 0 Å². The number of carbonyl (C=O) groups is 1. The van der Waals surface area contributed by atoms with Gasteiger partial charge in [-0.05, 0) is 31.0 Å². The first kappa shape index (κ1) is 16.0. The van der Waals surface area contributed by atoms with E-state index in [0.29, 0.717) is 17.1 Å². The number of benzene rings is 1. The molecule has 0 unspecified atom stereocenters. The fourth-order valence-electron chi connectivity index (χ4n) is 3.22. The molecule has 6 heteroatoms. The molecule has 1 atom stereocenters. The average molecular weight is 336 g/mol. The summed E-state index contributed by atoms with van der Waals surface area (Å²) in [5.74, 6) is -0.561. The van der Waals surface area contributed by atoms with Crippen molar-refractivity contribution in [2.75, 3.05) is 6.54 Å². The Kier molecular flexibility index (Phi) is 4.66. The molecule has 2 aromatic rings. The summed E-state index contributed by atoms with van der Waals surface area (Å²) in [6.07, 6.45) is 5.47. The van der Waals surface area contributed by atoms with Crippen LogP contribution in [-0.2, 0) is 7.05 Å². The van der Waals surface area contributed by atoms with E-state index in [9.17, 15) is 9.18 Å². The maximum atomic E-state index is 13.5. The van der Waals surface area contributed by atoms with Crippen LogP contribution in [0.15, 0.2) is 30.5 Å². The van der Waals surface area contributed by atoms with E-state index < -0.39 is 5.82 Å². The van der Waals surface area contributed by atoms with Crippen molar-refractivity contribution < 1.29 is 9.18 Å². The van der Waals surface area contributed by atoms with Crippen LogP contribution in [0.4, 0.5) is 4.39 Å². The van der Waals surface area contributed by atoms with Gasteiger partial charge in [-0.3, -0.25) is 9.48 Å². The van der Waals surface area contributed by atoms with Gasteiger partial charge in [-0.1, -0.05) is 30.5 Å². The first-order valence-electron chi connectivity index (χ1n) is 7.82. The van der Waals surface area contributed by atoms with Crippen LogP contribution in [0.5, 0.6) is 0 Å². The highest BCUT2D eigenvalue weighted by molar-refractivity contribution is 6.31. The molecule has 0 aliphatic carbocycles. The highest BCUT2D eigenvalue weighted by Crippen LogP contribution is 2.34. The summed E-state index contributed by atoms with van der Waals surface area (Å²) in [6, 6.07) is 5.71. The Hall–Kier alpha value is -1.88. The number of hydrogen-bond acceptors (Lipinski definition) is 2. The Balaban J connectivity index is 1.98. The number of amides is 1. The van der Waals surface area contributed by atoms with E-state index in [0.717, 1.165) is 31.4 Å². The molecule has 1 saturated heterocycles. The molecule has 1 fully saturated rings. The van der Waals surface area contributed by atoms with Crippen LogP contribution in [0.25, 0.3) is 0 Å². The third-order valence-electron chi connectivity index (χ3n) is 4.34. The Morgan fingerprint density at radius 1 is 1.35 bits per heavy atom. The van der Waals surface area contributed by atoms with Crippen molar-refractivity contribution in [2.24, 2.45) is 7.05 Å². The van der Waals surface area contributed by atoms with E-state index in [-0.39, 0.29) is 11.9 Å². The molecule has 23 heavy (non-hydrogen) atoms. The van der Waals surface area contributed by atoms with Crippen molar-refractivity contribution in [3.05, 3.63) is 52.6 Å². The lowest BCUT2D eigenvalue weighted by Gasteiger charge is -2.30. The standard InChI is InChI=1S/C17H19ClFN3O/c1-21-16(14(18)11-20-21)15-8-3-2-4-9-22(15)17(23)12-6-5-7-13(19)10-12/h5-7,10-11,15H,2-4,8-9H2,1H3/t15-/m1/s1. The van der Waals surface area contributed by atoms with Gasteiger partial charge in [0, 0.05) is 19.2 Å². The second-order valence-corrected chi connectivity index (χ2v) is 6.28. The Labute approximate surface area is 139 Å². The molecule has 1 aromatic carbocycles. The van der Waals surface area contributed by atoms with E-state index >= 15 is 0 Å². The van der Waals surface area contributed by atoms with Crippen LogP contribution in [-0.4, -0.2) is 27.1 Å². The number of aryl methyl sites for hydroxylation is 1. The Morgan fingerprint density at radius 2 is 2.17 bits per heavy atom. The quantitative estimate of drug-likeness (QED) is 0.832. The molecular weight excluding hydrogens is 317 g/mol. The minimum absolute atomic E-state index is 0.131. The number of aromatic nitrogens is 2. The predicted molar refractivity (Wildman–Crippen MR) is 86.9 cm³/mol. The van der Waals surface area contributed by atoms with E-state index in [1.165, 1.54) is 12.1 Å². The van der Waals surface area contributed by atoms with Gasteiger partial charge in [-0.2, -0.15) is 5.10 Å². The summed E-state index contributed by atoms with van der Waals surface area (Å²) in [7, 11) is 1.83. The molecule has 3 rings (SSSR count). The molecule has 1 aromatic heterocycles. The number of carbonyl (C=O) groups excluding carboxylic acids is 1. The molecule has 0 radical (unpaired) electrons. The minimum Gasteiger partial charge on any atom is -0.330 e. The molecule has 1 aliphatic heterocycles. The SMILES string of the molecule is Cn1ncc(Cl)c1[C@H]1CCCCCN1C(=O)c1cccc(F)c1. The van der Waals surface area contributed by atoms with Gasteiger partial charge in [0.25, 0.3) is 5.91 Å². The second-order valence-electron chi connectivity index (χ2n) is 5.88. The normalized spacial score (nSPS) is 18.7. The predicted octanol–water partition coefficient (Wildman–Crippen LogP) is 3.97. The molecule has 122 valence electrons. The number of rotatable bonds is 2. The number of halogens is 2. The average Bonchev–Trinajstić information content (AvgIpc) is 2.75. The number of likely N-dealkylation sites (tertiary alicyclic amines) is 1. The maximum absolute atomic E-state index is 13.5. The molecule has 0 saturated carbocycles. The smallest absolute Gasteiger partial charge is 0.254 e. The van der Waals surface area contributed by atoms with Gasteiger partial charge < -0.3 is 4.90 Å². The zero-order valence-electron chi connectivity index (χ0n) is 13.0. The highest BCUT2D eigenvalue weighted by Gasteiger charge is 2.31. The van der Waals surface area contributed by atoms with Crippen molar-refractivity contribution in [3.63, 3.8) is 0 Å². The van der Waals surface area contributed by atoms with E-state index in [2.05, 4.69) is 5.10 Å². The van der Waals surface area contributed by atoms with Gasteiger partial charge >= 0.3 is 0 Å². The molecule has 0 bridgehead atoms. The van der Waals surface area contributed by atoms with E-state index in [4.69, 9.17) is 11.6 Å². The lowest BCUT2D eigenvalue weighted by atomic mass is 10.1. The van der Waals surface area contributed by atoms with Crippen LogP contribution in [0.3, 0.4) is 0 Å². The van der Waals surface area contributed by atoms with Gasteiger partial charge in [-0.25, -0.2) is 4.39 Å². The molecule has 2 heterocycles. The monoisotopic (exact) mass is 335 g/mol. The van der Waals surface area contributed by atoms with Crippen molar-refractivity contribution in [1.29, 1.82) is 0 Å². The van der Waals surface area contributed by atoms with Crippen molar-refractivity contribution in [2.45, 2.75) is 31.7 Å². The summed E-state index contributed by atoms with van der Waals surface area (Å²) >= 11 is 6.29. The lowest BCUT2D eigenvalue weighted by Crippen LogP contribution is -2.36. The fourth-order valence-corrected chi connectivity index (χ4v) is 3.51. The molecule has 0 N–H and O–H groups in total. The van der Waals surface area contributed by atoms with Crippen LogP contribution in [0.1, 0.15) is 47.8 Å². The molecule has 1 amide bonds. The van der Waals surface area contributed by atoms with Crippen molar-refractivity contribution in [3.8, 4) is 0 Å². The van der Waals surface area contributed by atoms with Crippen molar-refractivity contribution in [1.82, 2.24) is 14.7 Å². The Bertz CT molecular complexity index is 696. The van der Waals surface area contributed by atoms with Crippen LogP contribution < -0.4 is 0 Å². The lowest BCUT2D eigenvalue weighted by molar-refractivity contribution is 0.0673. The number of nitrogens with zero attached hydrogens (tertiary/aromatic N) is 3. The van der Waals surface area contributed by atoms with E-state index in [1.807, 2.05) is 11.9 Å². The first-order valence-corrected chi connectivity index (χ1v) is 8.19. The van der Waals surface area contributed by atoms with Gasteiger partial charge in [0.15, 0.2) is 0 Å². The van der Waals surface area contributed by atoms with Crippen molar-refractivity contribution >= 4 is 17.5 Å². The van der Waals surface area contributed by atoms with Crippen LogP contribution >= 0.6 is 11.6 Å². The van der Waals surface area contributed by atoms with Gasteiger partial charge in [-0.15, -0.1) is 0 Å². The largest absolute Gasteiger partial charge is 0.330 e. The molecule has 0 spiro atoms. The third-order valence-corrected chi connectivity index (χ3v) is 4.63. The van der Waals surface area contributed by atoms with Gasteiger partial charge in [0.05, 0.1) is 23.0 Å². The van der Waals surface area contributed by atoms with Gasteiger partial charge in [0.1, 0.15) is 5.82 Å². The molecular formula is C17H19ClFN3O. The fraction of sp³-hybridized carbons (Fsp3) is 0.412. The third kappa shape index (κ3) is 3.24. The Morgan fingerprint density at radius 3 is 2.87 bits per heavy atom. The summed E-state index contributed by atoms with van der Waals surface area (Å²) < 4.78 is 15.2. The minimum atomic E-state index is -0.402. The zero-order chi connectivity index (χ0) is 16.4. The first-order chi connectivity index (χ1) is 11.1. The van der Waals surface area contributed by atoms with E-state index in [1.54, 1.807) is 23.0 Å². The topological polar surface area (TPSA) is 38.1 Å². The second kappa shape index (κ2) is 6.71. The summed E-state index contributed by atoms with van der Waals surface area (Å²) in [5.41, 5.74) is 1.22. The maximum Gasteiger partial charge on any atom is 0.254 e. The number of hydrogen-bond donors (Lipinski definition) is 0. The zero-order valence-corrected chi connectivity index (χ0v) is 13.8. The molecule has 4 nitrogen and oxygen atoms in total.